The zero-order chi connectivity index (χ0) is 18.7. The zero-order valence-electron chi connectivity index (χ0n) is 14.2. The van der Waals surface area contributed by atoms with E-state index in [1.54, 1.807) is 19.9 Å². The molecular formula is C16H16ClN5O2S2. The number of halogens is 1. The van der Waals surface area contributed by atoms with Gasteiger partial charge in [-0.15, -0.1) is 10.2 Å². The Morgan fingerprint density at radius 3 is 2.81 bits per heavy atom. The van der Waals surface area contributed by atoms with Crippen molar-refractivity contribution >= 4 is 57.2 Å². The van der Waals surface area contributed by atoms with Gasteiger partial charge < -0.3 is 15.2 Å². The highest BCUT2D eigenvalue weighted by molar-refractivity contribution is 8.02. The fraction of sp³-hybridized carbons (Fsp3) is 0.250. The maximum atomic E-state index is 12.2. The summed E-state index contributed by atoms with van der Waals surface area (Å²) >= 11 is 8.81. The van der Waals surface area contributed by atoms with Crippen molar-refractivity contribution in [3.63, 3.8) is 0 Å². The van der Waals surface area contributed by atoms with Crippen molar-refractivity contribution < 1.29 is 9.32 Å². The molecule has 0 saturated carbocycles. The topological polar surface area (TPSA) is 92.9 Å². The molecule has 0 spiro atoms. The van der Waals surface area contributed by atoms with E-state index >= 15 is 0 Å². The molecule has 7 nitrogen and oxygen atoms in total. The molecule has 2 heterocycles. The van der Waals surface area contributed by atoms with Gasteiger partial charge in [-0.05, 0) is 38.5 Å². The first-order chi connectivity index (χ1) is 12.4. The fourth-order valence-electron chi connectivity index (χ4n) is 1.96. The van der Waals surface area contributed by atoms with Crippen molar-refractivity contribution in [3.05, 3.63) is 40.6 Å². The minimum absolute atomic E-state index is 0.182. The minimum Gasteiger partial charge on any atom is -0.360 e. The Hall–Kier alpha value is -2.10. The van der Waals surface area contributed by atoms with Gasteiger partial charge in [0.2, 0.25) is 11.0 Å². The van der Waals surface area contributed by atoms with Crippen LogP contribution in [0.2, 0.25) is 5.02 Å². The van der Waals surface area contributed by atoms with E-state index in [1.807, 2.05) is 25.1 Å². The van der Waals surface area contributed by atoms with Crippen LogP contribution in [0.3, 0.4) is 0 Å². The molecule has 0 aliphatic carbocycles. The maximum absolute atomic E-state index is 12.2. The van der Waals surface area contributed by atoms with Gasteiger partial charge in [0, 0.05) is 16.8 Å². The standard InChI is InChI=1S/C16H16ClN5O2S2/c1-8-4-5-11(7-12(8)17)18-15-20-21-16(26-15)25-10(3)14(23)19-13-6-9(2)24-22-13/h4-7,10H,1-3H3,(H,18,20)(H,19,22,23). The van der Waals surface area contributed by atoms with Crippen LogP contribution in [-0.2, 0) is 4.79 Å². The summed E-state index contributed by atoms with van der Waals surface area (Å²) in [7, 11) is 0. The molecule has 3 rings (SSSR count). The number of thioether (sulfide) groups is 1. The van der Waals surface area contributed by atoms with E-state index in [-0.39, 0.29) is 11.2 Å². The van der Waals surface area contributed by atoms with Gasteiger partial charge in [0.1, 0.15) is 5.76 Å². The summed E-state index contributed by atoms with van der Waals surface area (Å²) in [5, 5.41) is 18.8. The zero-order valence-corrected chi connectivity index (χ0v) is 16.6. The molecule has 26 heavy (non-hydrogen) atoms. The molecule has 10 heteroatoms. The number of aromatic nitrogens is 3. The quantitative estimate of drug-likeness (QED) is 0.572. The Balaban J connectivity index is 1.58. The highest BCUT2D eigenvalue weighted by atomic mass is 35.5. The first-order valence-electron chi connectivity index (χ1n) is 7.68. The summed E-state index contributed by atoms with van der Waals surface area (Å²) in [4.78, 5) is 12.2. The molecule has 1 unspecified atom stereocenters. The van der Waals surface area contributed by atoms with E-state index < -0.39 is 0 Å². The number of hydrogen-bond donors (Lipinski definition) is 2. The normalized spacial score (nSPS) is 12.0. The molecule has 136 valence electrons. The predicted octanol–water partition coefficient (Wildman–Crippen LogP) is 4.66. The molecule has 0 aliphatic heterocycles. The van der Waals surface area contributed by atoms with Gasteiger partial charge in [-0.2, -0.15) is 0 Å². The SMILES string of the molecule is Cc1cc(NC(=O)C(C)Sc2nnc(Nc3ccc(C)c(Cl)c3)s2)no1. The summed E-state index contributed by atoms with van der Waals surface area (Å²) in [5.41, 5.74) is 1.84. The smallest absolute Gasteiger partial charge is 0.238 e. The van der Waals surface area contributed by atoms with Crippen molar-refractivity contribution in [2.45, 2.75) is 30.4 Å². The van der Waals surface area contributed by atoms with Crippen LogP contribution in [0.25, 0.3) is 0 Å². The van der Waals surface area contributed by atoms with Gasteiger partial charge in [0.05, 0.1) is 5.25 Å². The Morgan fingerprint density at radius 2 is 2.12 bits per heavy atom. The average Bonchev–Trinajstić information content (AvgIpc) is 3.20. The second-order valence-electron chi connectivity index (χ2n) is 5.53. The lowest BCUT2D eigenvalue weighted by atomic mass is 10.2. The molecule has 0 bridgehead atoms. The van der Waals surface area contributed by atoms with Crippen molar-refractivity contribution in [3.8, 4) is 0 Å². The van der Waals surface area contributed by atoms with Crippen LogP contribution >= 0.6 is 34.7 Å². The molecule has 1 amide bonds. The van der Waals surface area contributed by atoms with Gasteiger partial charge in [-0.1, -0.05) is 45.9 Å². The van der Waals surface area contributed by atoms with Crippen molar-refractivity contribution in [1.82, 2.24) is 15.4 Å². The van der Waals surface area contributed by atoms with Crippen LogP contribution in [0.4, 0.5) is 16.6 Å². The lowest BCUT2D eigenvalue weighted by Gasteiger charge is -2.07. The summed E-state index contributed by atoms with van der Waals surface area (Å²) in [5.74, 6) is 0.853. The Bertz CT molecular complexity index is 927. The summed E-state index contributed by atoms with van der Waals surface area (Å²) in [6, 6.07) is 7.35. The summed E-state index contributed by atoms with van der Waals surface area (Å²) in [6.07, 6.45) is 0. The molecule has 0 fully saturated rings. The average molecular weight is 410 g/mol. The number of carbonyl (C=O) groups excluding carboxylic acids is 1. The van der Waals surface area contributed by atoms with Crippen molar-refractivity contribution in [1.29, 1.82) is 0 Å². The Kier molecular flexibility index (Phi) is 5.80. The van der Waals surface area contributed by atoms with E-state index in [0.717, 1.165) is 11.3 Å². The number of amides is 1. The number of hydrogen-bond acceptors (Lipinski definition) is 8. The van der Waals surface area contributed by atoms with E-state index in [4.69, 9.17) is 16.1 Å². The van der Waals surface area contributed by atoms with E-state index in [9.17, 15) is 4.79 Å². The first kappa shape index (κ1) is 18.7. The number of carbonyl (C=O) groups is 1. The van der Waals surface area contributed by atoms with Crippen molar-refractivity contribution in [2.75, 3.05) is 10.6 Å². The Labute approximate surface area is 163 Å². The third-order valence-electron chi connectivity index (χ3n) is 3.36. The lowest BCUT2D eigenvalue weighted by molar-refractivity contribution is -0.115. The molecule has 2 aromatic heterocycles. The molecule has 2 N–H and O–H groups in total. The van der Waals surface area contributed by atoms with E-state index in [1.165, 1.54) is 23.1 Å². The molecule has 0 saturated heterocycles. The van der Waals surface area contributed by atoms with Gasteiger partial charge in [-0.25, -0.2) is 0 Å². The fourth-order valence-corrected chi connectivity index (χ4v) is 4.06. The molecular weight excluding hydrogens is 394 g/mol. The number of nitrogens with one attached hydrogen (secondary N) is 2. The summed E-state index contributed by atoms with van der Waals surface area (Å²) in [6.45, 7) is 5.50. The van der Waals surface area contributed by atoms with E-state index in [0.29, 0.717) is 26.1 Å². The van der Waals surface area contributed by atoms with Crippen LogP contribution < -0.4 is 10.6 Å². The number of aryl methyl sites for hydroxylation is 2. The van der Waals surface area contributed by atoms with Crippen LogP contribution in [0.1, 0.15) is 18.2 Å². The molecule has 1 aromatic carbocycles. The molecule has 0 aliphatic rings. The van der Waals surface area contributed by atoms with Crippen molar-refractivity contribution in [2.24, 2.45) is 0 Å². The van der Waals surface area contributed by atoms with Gasteiger partial charge in [0.15, 0.2) is 10.2 Å². The number of nitrogens with zero attached hydrogens (tertiary/aromatic N) is 3. The largest absolute Gasteiger partial charge is 0.360 e. The Morgan fingerprint density at radius 1 is 1.31 bits per heavy atom. The highest BCUT2D eigenvalue weighted by Gasteiger charge is 2.18. The van der Waals surface area contributed by atoms with Gasteiger partial charge in [-0.3, -0.25) is 4.79 Å². The maximum Gasteiger partial charge on any atom is 0.238 e. The number of rotatable bonds is 6. The summed E-state index contributed by atoms with van der Waals surface area (Å²) < 4.78 is 5.61. The highest BCUT2D eigenvalue weighted by Crippen LogP contribution is 2.31. The van der Waals surface area contributed by atoms with Crippen LogP contribution in [-0.4, -0.2) is 26.5 Å². The molecule has 3 aromatic rings. The molecule has 1 atom stereocenters. The second kappa shape index (κ2) is 8.07. The van der Waals surface area contributed by atoms with Crippen LogP contribution in [0, 0.1) is 13.8 Å². The molecule has 0 radical (unpaired) electrons. The number of anilines is 3. The third-order valence-corrected chi connectivity index (χ3v) is 5.79. The monoisotopic (exact) mass is 409 g/mol. The number of benzene rings is 1. The third kappa shape index (κ3) is 4.75. The van der Waals surface area contributed by atoms with Gasteiger partial charge >= 0.3 is 0 Å². The van der Waals surface area contributed by atoms with Crippen LogP contribution in [0.5, 0.6) is 0 Å². The predicted molar refractivity (Wildman–Crippen MR) is 105 cm³/mol. The first-order valence-corrected chi connectivity index (χ1v) is 9.75. The lowest BCUT2D eigenvalue weighted by Crippen LogP contribution is -2.22. The minimum atomic E-state index is -0.360. The van der Waals surface area contributed by atoms with Crippen LogP contribution in [0.15, 0.2) is 33.1 Å². The van der Waals surface area contributed by atoms with Gasteiger partial charge in [0.25, 0.3) is 0 Å². The van der Waals surface area contributed by atoms with E-state index in [2.05, 4.69) is 26.0 Å². The second-order valence-corrected chi connectivity index (χ2v) is 8.51.